The number of piperazine rings is 1. The molecule has 3 rings (SSSR count). The Morgan fingerprint density at radius 2 is 1.71 bits per heavy atom. The largest absolute Gasteiger partial charge is 0.490 e. The Balaban J connectivity index is 1.34. The Morgan fingerprint density at radius 3 is 2.45 bits per heavy atom. The Hall–Kier alpha value is -2.33. The number of ether oxygens (including phenoxy) is 2. The Labute approximate surface area is 179 Å². The van der Waals surface area contributed by atoms with Crippen molar-refractivity contribution in [1.29, 1.82) is 0 Å². The summed E-state index contributed by atoms with van der Waals surface area (Å²) >= 11 is 0. The fraction of sp³-hybridized carbons (Fsp3) is 0.619. The van der Waals surface area contributed by atoms with Crippen LogP contribution in [0.25, 0.3) is 0 Å². The number of anilines is 1. The van der Waals surface area contributed by atoms with Crippen LogP contribution in [0.15, 0.2) is 24.3 Å². The van der Waals surface area contributed by atoms with Crippen molar-refractivity contribution in [2.45, 2.75) is 25.4 Å². The van der Waals surface area contributed by atoms with Gasteiger partial charge in [-0.15, -0.1) is 0 Å². The lowest BCUT2D eigenvalue weighted by atomic mass is 10.2. The first-order valence-corrected chi connectivity index (χ1v) is 10.5. The highest BCUT2D eigenvalue weighted by Crippen LogP contribution is 2.31. The van der Waals surface area contributed by atoms with Gasteiger partial charge in [0.05, 0.1) is 12.2 Å². The van der Waals surface area contributed by atoms with Crippen LogP contribution < -0.4 is 9.64 Å². The molecule has 0 aliphatic carbocycles. The molecule has 1 fully saturated rings. The summed E-state index contributed by atoms with van der Waals surface area (Å²) in [5.41, 5.74) is 0.735. The molecule has 0 spiro atoms. The van der Waals surface area contributed by atoms with Gasteiger partial charge in [0.25, 0.3) is 0 Å². The number of para-hydroxylation sites is 2. The zero-order valence-corrected chi connectivity index (χ0v) is 17.4. The molecule has 2 heterocycles. The fourth-order valence-corrected chi connectivity index (χ4v) is 3.73. The molecule has 0 saturated carbocycles. The van der Waals surface area contributed by atoms with Crippen molar-refractivity contribution in [1.82, 2.24) is 9.80 Å². The first-order valence-electron chi connectivity index (χ1n) is 10.5. The first kappa shape index (κ1) is 23.3. The van der Waals surface area contributed by atoms with E-state index in [1.54, 1.807) is 9.80 Å². The van der Waals surface area contributed by atoms with Gasteiger partial charge in [0.15, 0.2) is 0 Å². The van der Waals surface area contributed by atoms with E-state index in [0.29, 0.717) is 58.0 Å². The number of hydrogen-bond acceptors (Lipinski definition) is 5. The van der Waals surface area contributed by atoms with Crippen LogP contribution in [0.4, 0.5) is 18.9 Å². The number of carbonyl (C=O) groups is 2. The molecular formula is C21H28F3N3O4. The van der Waals surface area contributed by atoms with E-state index in [9.17, 15) is 22.8 Å². The molecule has 1 aromatic rings. The second kappa shape index (κ2) is 10.8. The normalized spacial score (nSPS) is 17.3. The Kier molecular flexibility index (Phi) is 8.14. The van der Waals surface area contributed by atoms with Crippen LogP contribution in [-0.4, -0.2) is 86.9 Å². The second-order valence-electron chi connectivity index (χ2n) is 7.61. The molecule has 7 nitrogen and oxygen atoms in total. The van der Waals surface area contributed by atoms with Crippen molar-refractivity contribution < 1.29 is 32.2 Å². The molecule has 1 saturated heterocycles. The summed E-state index contributed by atoms with van der Waals surface area (Å²) in [6.45, 7) is 2.80. The molecule has 0 bridgehead atoms. The summed E-state index contributed by atoms with van der Waals surface area (Å²) in [5.74, 6) is 0.526. The van der Waals surface area contributed by atoms with Gasteiger partial charge < -0.3 is 19.3 Å². The minimum atomic E-state index is -4.29. The van der Waals surface area contributed by atoms with Crippen molar-refractivity contribution in [2.24, 2.45) is 0 Å². The third-order valence-corrected chi connectivity index (χ3v) is 5.34. The van der Waals surface area contributed by atoms with Gasteiger partial charge in [-0.25, -0.2) is 0 Å². The highest BCUT2D eigenvalue weighted by Gasteiger charge is 2.28. The minimum absolute atomic E-state index is 0.0527. The molecule has 0 atom stereocenters. The van der Waals surface area contributed by atoms with E-state index in [0.717, 1.165) is 5.69 Å². The standard InChI is InChI=1S/C21H28F3N3O4/c22-21(23,24)16-30-14-3-8-25-9-11-26(12-10-25)19(28)6-7-20(29)27-13-15-31-18-5-2-1-4-17(18)27/h1-2,4-5H,3,6-16H2. The predicted molar refractivity (Wildman–Crippen MR) is 108 cm³/mol. The Morgan fingerprint density at radius 1 is 1.00 bits per heavy atom. The highest BCUT2D eigenvalue weighted by atomic mass is 19.4. The number of rotatable bonds is 8. The number of nitrogens with zero attached hydrogens (tertiary/aromatic N) is 3. The van der Waals surface area contributed by atoms with E-state index in [1.807, 2.05) is 24.3 Å². The van der Waals surface area contributed by atoms with Gasteiger partial charge in [-0.2, -0.15) is 13.2 Å². The topological polar surface area (TPSA) is 62.3 Å². The zero-order valence-electron chi connectivity index (χ0n) is 17.4. The minimum Gasteiger partial charge on any atom is -0.490 e. The van der Waals surface area contributed by atoms with E-state index < -0.39 is 12.8 Å². The van der Waals surface area contributed by atoms with Crippen LogP contribution in [-0.2, 0) is 14.3 Å². The van der Waals surface area contributed by atoms with Crippen molar-refractivity contribution >= 4 is 17.5 Å². The maximum atomic E-state index is 12.6. The summed E-state index contributed by atoms with van der Waals surface area (Å²) in [6, 6.07) is 7.36. The number of alkyl halides is 3. The fourth-order valence-electron chi connectivity index (χ4n) is 3.73. The van der Waals surface area contributed by atoms with Gasteiger partial charge in [0, 0.05) is 52.2 Å². The van der Waals surface area contributed by atoms with Gasteiger partial charge >= 0.3 is 6.18 Å². The third kappa shape index (κ3) is 7.10. The summed E-state index contributed by atoms with van der Waals surface area (Å²) in [6.07, 6.45) is -3.48. The monoisotopic (exact) mass is 443 g/mol. The Bertz CT molecular complexity index is 752. The van der Waals surface area contributed by atoms with Crippen LogP contribution in [0.5, 0.6) is 5.75 Å². The van der Waals surface area contributed by atoms with Crippen molar-refractivity contribution in [3.05, 3.63) is 24.3 Å². The highest BCUT2D eigenvalue weighted by molar-refractivity contribution is 5.97. The number of carbonyl (C=O) groups excluding carboxylic acids is 2. The van der Waals surface area contributed by atoms with Crippen LogP contribution >= 0.6 is 0 Å². The summed E-state index contributed by atoms with van der Waals surface area (Å²) < 4.78 is 46.3. The predicted octanol–water partition coefficient (Wildman–Crippen LogP) is 2.31. The lowest BCUT2D eigenvalue weighted by molar-refractivity contribution is -0.174. The van der Waals surface area contributed by atoms with E-state index in [1.165, 1.54) is 0 Å². The van der Waals surface area contributed by atoms with Crippen LogP contribution in [0.1, 0.15) is 19.3 Å². The average molecular weight is 443 g/mol. The zero-order chi connectivity index (χ0) is 22.3. The summed E-state index contributed by atoms with van der Waals surface area (Å²) in [5, 5.41) is 0. The number of fused-ring (bicyclic) bond motifs is 1. The van der Waals surface area contributed by atoms with E-state index in [2.05, 4.69) is 9.64 Å². The van der Waals surface area contributed by atoms with E-state index >= 15 is 0 Å². The molecule has 10 heteroatoms. The molecule has 2 amide bonds. The molecular weight excluding hydrogens is 415 g/mol. The van der Waals surface area contributed by atoms with Crippen molar-refractivity contribution in [3.63, 3.8) is 0 Å². The first-order chi connectivity index (χ1) is 14.8. The number of amides is 2. The number of benzene rings is 1. The molecule has 0 unspecified atom stereocenters. The smallest absolute Gasteiger partial charge is 0.411 e. The number of halogens is 3. The molecule has 172 valence electrons. The molecule has 2 aliphatic heterocycles. The van der Waals surface area contributed by atoms with Crippen LogP contribution in [0, 0.1) is 0 Å². The quantitative estimate of drug-likeness (QED) is 0.577. The van der Waals surface area contributed by atoms with Crippen LogP contribution in [0.3, 0.4) is 0 Å². The van der Waals surface area contributed by atoms with E-state index in [4.69, 9.17) is 4.74 Å². The molecule has 2 aliphatic rings. The van der Waals surface area contributed by atoms with Gasteiger partial charge in [-0.05, 0) is 18.6 Å². The van der Waals surface area contributed by atoms with Gasteiger partial charge in [-0.1, -0.05) is 12.1 Å². The molecule has 0 N–H and O–H groups in total. The average Bonchev–Trinajstić information content (AvgIpc) is 2.76. The number of hydrogen-bond donors (Lipinski definition) is 0. The van der Waals surface area contributed by atoms with Crippen molar-refractivity contribution in [2.75, 3.05) is 64.0 Å². The third-order valence-electron chi connectivity index (χ3n) is 5.34. The maximum absolute atomic E-state index is 12.6. The summed E-state index contributed by atoms with van der Waals surface area (Å²) in [7, 11) is 0. The van der Waals surface area contributed by atoms with Gasteiger partial charge in [0.1, 0.15) is 19.0 Å². The lowest BCUT2D eigenvalue weighted by Crippen LogP contribution is -2.49. The molecule has 0 radical (unpaired) electrons. The van der Waals surface area contributed by atoms with Crippen LogP contribution in [0.2, 0.25) is 0 Å². The molecule has 1 aromatic carbocycles. The van der Waals surface area contributed by atoms with Gasteiger partial charge in [-0.3, -0.25) is 14.5 Å². The van der Waals surface area contributed by atoms with Gasteiger partial charge in [0.2, 0.25) is 11.8 Å². The van der Waals surface area contributed by atoms with Crippen molar-refractivity contribution in [3.8, 4) is 5.75 Å². The lowest BCUT2D eigenvalue weighted by Gasteiger charge is -2.35. The second-order valence-corrected chi connectivity index (χ2v) is 7.61. The SMILES string of the molecule is O=C(CCC(=O)N1CCOc2ccccc21)N1CCN(CCCOCC(F)(F)F)CC1. The summed E-state index contributed by atoms with van der Waals surface area (Å²) in [4.78, 5) is 30.7. The molecule has 31 heavy (non-hydrogen) atoms. The van der Waals surface area contributed by atoms with E-state index in [-0.39, 0.29) is 31.3 Å². The maximum Gasteiger partial charge on any atom is 0.411 e. The molecule has 0 aromatic heterocycles.